The van der Waals surface area contributed by atoms with E-state index in [2.05, 4.69) is 29.8 Å². The Morgan fingerprint density at radius 2 is 2.44 bits per heavy atom. The Bertz CT molecular complexity index is 439. The second-order valence-corrected chi connectivity index (χ2v) is 5.08. The van der Waals surface area contributed by atoms with Crippen molar-refractivity contribution in [1.82, 2.24) is 4.98 Å². The van der Waals surface area contributed by atoms with Gasteiger partial charge in [-0.05, 0) is 24.5 Å². The highest BCUT2D eigenvalue weighted by atomic mass is 16.5. The third-order valence-electron chi connectivity index (χ3n) is 3.07. The van der Waals surface area contributed by atoms with Crippen LogP contribution in [0.3, 0.4) is 0 Å². The molecule has 0 amide bonds. The summed E-state index contributed by atoms with van der Waals surface area (Å²) in [5.74, 6) is 1.51. The highest BCUT2D eigenvalue weighted by Crippen LogP contribution is 2.19. The van der Waals surface area contributed by atoms with Gasteiger partial charge < -0.3 is 9.64 Å². The average Bonchev–Trinajstić information content (AvgIpc) is 2.38. The van der Waals surface area contributed by atoms with Crippen molar-refractivity contribution in [3.63, 3.8) is 0 Å². The monoisotopic (exact) mass is 245 g/mol. The van der Waals surface area contributed by atoms with Gasteiger partial charge in [0.15, 0.2) is 0 Å². The number of hydrogen-bond acceptors (Lipinski definition) is 4. The van der Waals surface area contributed by atoms with Crippen molar-refractivity contribution in [1.29, 1.82) is 5.26 Å². The Labute approximate surface area is 108 Å². The Kier molecular flexibility index (Phi) is 4.16. The molecule has 1 atom stereocenters. The summed E-state index contributed by atoms with van der Waals surface area (Å²) in [6, 6.07) is 5.73. The molecule has 0 N–H and O–H groups in total. The van der Waals surface area contributed by atoms with Crippen LogP contribution in [-0.2, 0) is 4.74 Å². The summed E-state index contributed by atoms with van der Waals surface area (Å²) in [6.07, 6.45) is 3.03. The van der Waals surface area contributed by atoms with Crippen molar-refractivity contribution in [2.45, 2.75) is 26.4 Å². The molecule has 1 saturated heterocycles. The fourth-order valence-corrected chi connectivity index (χ4v) is 2.26. The second-order valence-electron chi connectivity index (χ2n) is 5.08. The largest absolute Gasteiger partial charge is 0.375 e. The summed E-state index contributed by atoms with van der Waals surface area (Å²) in [5.41, 5.74) is 0.659. The molecule has 0 saturated carbocycles. The Morgan fingerprint density at radius 1 is 1.61 bits per heavy atom. The molecule has 4 nitrogen and oxygen atoms in total. The number of nitrogens with zero attached hydrogens (tertiary/aromatic N) is 3. The van der Waals surface area contributed by atoms with Gasteiger partial charge in [-0.2, -0.15) is 5.26 Å². The van der Waals surface area contributed by atoms with Crippen LogP contribution in [0, 0.1) is 17.2 Å². The van der Waals surface area contributed by atoms with E-state index in [-0.39, 0.29) is 6.10 Å². The zero-order valence-corrected chi connectivity index (χ0v) is 11.0. The molecule has 4 heteroatoms. The molecule has 2 heterocycles. The van der Waals surface area contributed by atoms with Crippen LogP contribution in [0.2, 0.25) is 0 Å². The first-order valence-electron chi connectivity index (χ1n) is 6.41. The molecule has 0 unspecified atom stereocenters. The van der Waals surface area contributed by atoms with Crippen LogP contribution in [0.4, 0.5) is 5.82 Å². The van der Waals surface area contributed by atoms with Crippen molar-refractivity contribution in [3.05, 3.63) is 23.9 Å². The summed E-state index contributed by atoms with van der Waals surface area (Å²) in [4.78, 5) is 6.55. The quantitative estimate of drug-likeness (QED) is 0.819. The Morgan fingerprint density at radius 3 is 3.17 bits per heavy atom. The van der Waals surface area contributed by atoms with Crippen LogP contribution in [0.5, 0.6) is 0 Å². The fourth-order valence-electron chi connectivity index (χ4n) is 2.26. The van der Waals surface area contributed by atoms with Crippen molar-refractivity contribution in [2.24, 2.45) is 5.92 Å². The zero-order valence-electron chi connectivity index (χ0n) is 11.0. The number of aromatic nitrogens is 1. The van der Waals surface area contributed by atoms with Gasteiger partial charge in [-0.15, -0.1) is 0 Å². The van der Waals surface area contributed by atoms with Gasteiger partial charge in [0.25, 0.3) is 0 Å². The maximum Gasteiger partial charge on any atom is 0.129 e. The van der Waals surface area contributed by atoms with E-state index < -0.39 is 0 Å². The number of anilines is 1. The molecular formula is C14H19N3O. The molecular weight excluding hydrogens is 226 g/mol. The van der Waals surface area contributed by atoms with Crippen LogP contribution < -0.4 is 4.90 Å². The van der Waals surface area contributed by atoms with Crippen molar-refractivity contribution < 1.29 is 4.74 Å². The van der Waals surface area contributed by atoms with Gasteiger partial charge >= 0.3 is 0 Å². The molecule has 18 heavy (non-hydrogen) atoms. The minimum Gasteiger partial charge on any atom is -0.375 e. The number of pyridine rings is 1. The van der Waals surface area contributed by atoms with E-state index >= 15 is 0 Å². The van der Waals surface area contributed by atoms with E-state index in [1.165, 1.54) is 0 Å². The van der Waals surface area contributed by atoms with Crippen LogP contribution in [0.25, 0.3) is 0 Å². The SMILES string of the molecule is CC(C)C[C@@H]1CN(c2cc(C#N)ccn2)CCO1. The molecule has 1 aliphatic rings. The Hall–Kier alpha value is -1.60. The van der Waals surface area contributed by atoms with E-state index in [0.717, 1.165) is 31.9 Å². The number of nitriles is 1. The highest BCUT2D eigenvalue weighted by molar-refractivity contribution is 5.45. The van der Waals surface area contributed by atoms with E-state index in [4.69, 9.17) is 10.00 Å². The molecule has 2 rings (SSSR count). The maximum atomic E-state index is 8.91. The van der Waals surface area contributed by atoms with Gasteiger partial charge in [0.2, 0.25) is 0 Å². The van der Waals surface area contributed by atoms with Crippen LogP contribution >= 0.6 is 0 Å². The van der Waals surface area contributed by atoms with Gasteiger partial charge in [-0.3, -0.25) is 0 Å². The van der Waals surface area contributed by atoms with E-state index in [9.17, 15) is 0 Å². The van der Waals surface area contributed by atoms with Crippen molar-refractivity contribution in [2.75, 3.05) is 24.6 Å². The number of ether oxygens (including phenoxy) is 1. The van der Waals surface area contributed by atoms with E-state index in [1.807, 2.05) is 6.07 Å². The molecule has 96 valence electrons. The molecule has 0 radical (unpaired) electrons. The summed E-state index contributed by atoms with van der Waals surface area (Å²) in [7, 11) is 0. The van der Waals surface area contributed by atoms with Gasteiger partial charge in [-0.25, -0.2) is 4.98 Å². The molecule has 1 aliphatic heterocycles. The number of hydrogen-bond donors (Lipinski definition) is 0. The molecule has 0 bridgehead atoms. The third kappa shape index (κ3) is 3.21. The van der Waals surface area contributed by atoms with E-state index in [1.54, 1.807) is 12.3 Å². The highest BCUT2D eigenvalue weighted by Gasteiger charge is 2.22. The minimum absolute atomic E-state index is 0.270. The molecule has 0 aliphatic carbocycles. The summed E-state index contributed by atoms with van der Waals surface area (Å²) in [6.45, 7) is 6.85. The lowest BCUT2D eigenvalue weighted by molar-refractivity contribution is 0.0273. The molecule has 1 fully saturated rings. The van der Waals surface area contributed by atoms with Crippen LogP contribution in [0.15, 0.2) is 18.3 Å². The predicted octanol–water partition coefficient (Wildman–Crippen LogP) is 2.20. The Balaban J connectivity index is 2.06. The van der Waals surface area contributed by atoms with Crippen molar-refractivity contribution >= 4 is 5.82 Å². The van der Waals surface area contributed by atoms with Gasteiger partial charge in [0.05, 0.1) is 24.3 Å². The second kappa shape index (κ2) is 5.83. The lowest BCUT2D eigenvalue weighted by Crippen LogP contribution is -2.43. The van der Waals surface area contributed by atoms with Gasteiger partial charge in [0.1, 0.15) is 5.82 Å². The zero-order chi connectivity index (χ0) is 13.0. The minimum atomic E-state index is 0.270. The fraction of sp³-hybridized carbons (Fsp3) is 0.571. The first-order valence-corrected chi connectivity index (χ1v) is 6.41. The first-order chi connectivity index (χ1) is 8.69. The molecule has 1 aromatic heterocycles. The standard InChI is InChI=1S/C14H19N3O/c1-11(2)7-13-10-17(5-6-18-13)14-8-12(9-15)3-4-16-14/h3-4,8,11,13H,5-7,10H2,1-2H3/t13-/m1/s1. The van der Waals surface area contributed by atoms with Crippen LogP contribution in [0.1, 0.15) is 25.8 Å². The lowest BCUT2D eigenvalue weighted by atomic mass is 10.0. The van der Waals surface area contributed by atoms with Crippen molar-refractivity contribution in [3.8, 4) is 6.07 Å². The smallest absolute Gasteiger partial charge is 0.129 e. The molecule has 0 aromatic carbocycles. The van der Waals surface area contributed by atoms with Gasteiger partial charge in [0, 0.05) is 19.3 Å². The van der Waals surface area contributed by atoms with Gasteiger partial charge in [-0.1, -0.05) is 13.8 Å². The first kappa shape index (κ1) is 12.8. The van der Waals surface area contributed by atoms with Crippen LogP contribution in [-0.4, -0.2) is 30.8 Å². The number of rotatable bonds is 3. The molecule has 1 aromatic rings. The molecule has 0 spiro atoms. The third-order valence-corrected chi connectivity index (χ3v) is 3.07. The average molecular weight is 245 g/mol. The topological polar surface area (TPSA) is 49.2 Å². The summed E-state index contributed by atoms with van der Waals surface area (Å²) in [5, 5.41) is 8.91. The summed E-state index contributed by atoms with van der Waals surface area (Å²) >= 11 is 0. The maximum absolute atomic E-state index is 8.91. The van der Waals surface area contributed by atoms with E-state index in [0.29, 0.717) is 11.5 Å². The summed E-state index contributed by atoms with van der Waals surface area (Å²) < 4.78 is 5.76. The lowest BCUT2D eigenvalue weighted by Gasteiger charge is -2.34. The predicted molar refractivity (Wildman–Crippen MR) is 70.4 cm³/mol. The number of morpholine rings is 1. The normalized spacial score (nSPS) is 19.9.